The summed E-state index contributed by atoms with van der Waals surface area (Å²) in [5.41, 5.74) is 11.7. The highest BCUT2D eigenvalue weighted by molar-refractivity contribution is 8.00. The van der Waals surface area contributed by atoms with E-state index < -0.39 is 0 Å². The molecular formula is C13H13ClN4OS. The van der Waals surface area contributed by atoms with Gasteiger partial charge >= 0.3 is 0 Å². The van der Waals surface area contributed by atoms with Gasteiger partial charge in [-0.1, -0.05) is 35.5 Å². The van der Waals surface area contributed by atoms with Crippen molar-refractivity contribution in [3.63, 3.8) is 0 Å². The van der Waals surface area contributed by atoms with Gasteiger partial charge in [0, 0.05) is 16.7 Å². The van der Waals surface area contributed by atoms with Gasteiger partial charge in [-0.15, -0.1) is 0 Å². The van der Waals surface area contributed by atoms with Crippen molar-refractivity contribution in [3.05, 3.63) is 40.9 Å². The molecule has 0 amide bonds. The minimum atomic E-state index is -0.366. The van der Waals surface area contributed by atoms with E-state index in [1.165, 1.54) is 17.8 Å². The van der Waals surface area contributed by atoms with Gasteiger partial charge in [0.15, 0.2) is 10.9 Å². The van der Waals surface area contributed by atoms with E-state index in [0.29, 0.717) is 15.7 Å². The number of ketones is 1. The molecule has 0 fully saturated rings. The molecule has 0 aliphatic rings. The van der Waals surface area contributed by atoms with Crippen LogP contribution in [0, 0.1) is 0 Å². The first-order valence-corrected chi connectivity index (χ1v) is 7.08. The van der Waals surface area contributed by atoms with Gasteiger partial charge in [0.2, 0.25) is 0 Å². The van der Waals surface area contributed by atoms with Crippen LogP contribution in [-0.2, 0) is 0 Å². The number of aromatic nitrogens is 2. The molecule has 2 aromatic rings. The Kier molecular flexibility index (Phi) is 4.46. The quantitative estimate of drug-likeness (QED) is 0.512. The fourth-order valence-corrected chi connectivity index (χ4v) is 2.67. The predicted molar refractivity (Wildman–Crippen MR) is 82.0 cm³/mol. The maximum Gasteiger partial charge on any atom is 0.192 e. The molecule has 7 heteroatoms. The van der Waals surface area contributed by atoms with Gasteiger partial charge in [-0.2, -0.15) is 0 Å². The monoisotopic (exact) mass is 308 g/mol. The van der Waals surface area contributed by atoms with Crippen LogP contribution in [0.15, 0.2) is 35.5 Å². The first-order valence-electron chi connectivity index (χ1n) is 5.82. The third kappa shape index (κ3) is 3.61. The number of nitrogen functional groups attached to an aromatic ring is 2. The summed E-state index contributed by atoms with van der Waals surface area (Å²) in [6, 6.07) is 8.28. The van der Waals surface area contributed by atoms with Crippen LogP contribution in [0.25, 0.3) is 0 Å². The topological polar surface area (TPSA) is 94.9 Å². The number of benzene rings is 1. The SMILES string of the molecule is C[C@@H](Sc1nc(N)cc(N)n1)C(=O)c1cccc(Cl)c1. The van der Waals surface area contributed by atoms with Gasteiger partial charge in [0.05, 0.1) is 5.25 Å². The maximum absolute atomic E-state index is 12.3. The normalized spacial score (nSPS) is 12.1. The second-order valence-corrected chi connectivity index (χ2v) is 5.88. The van der Waals surface area contributed by atoms with Crippen molar-refractivity contribution in [2.75, 3.05) is 11.5 Å². The Morgan fingerprint density at radius 3 is 2.50 bits per heavy atom. The van der Waals surface area contributed by atoms with Crippen molar-refractivity contribution in [3.8, 4) is 0 Å². The molecule has 0 spiro atoms. The van der Waals surface area contributed by atoms with Crippen LogP contribution in [0.3, 0.4) is 0 Å². The molecule has 0 saturated carbocycles. The summed E-state index contributed by atoms with van der Waals surface area (Å²) in [5, 5.41) is 0.539. The Balaban J connectivity index is 2.15. The van der Waals surface area contributed by atoms with Crippen LogP contribution in [0.4, 0.5) is 11.6 Å². The van der Waals surface area contributed by atoms with E-state index in [0.717, 1.165) is 0 Å². The van der Waals surface area contributed by atoms with Gasteiger partial charge in [-0.25, -0.2) is 9.97 Å². The molecule has 4 N–H and O–H groups in total. The van der Waals surface area contributed by atoms with Crippen LogP contribution < -0.4 is 11.5 Å². The van der Waals surface area contributed by atoms with Crippen LogP contribution >= 0.6 is 23.4 Å². The summed E-state index contributed by atoms with van der Waals surface area (Å²) < 4.78 is 0. The Hall–Kier alpha value is -1.79. The van der Waals surface area contributed by atoms with Crippen molar-refractivity contribution in [1.82, 2.24) is 9.97 Å². The van der Waals surface area contributed by atoms with Crippen molar-refractivity contribution in [2.24, 2.45) is 0 Å². The zero-order valence-electron chi connectivity index (χ0n) is 10.7. The smallest absolute Gasteiger partial charge is 0.192 e. The molecule has 0 unspecified atom stereocenters. The van der Waals surface area contributed by atoms with E-state index in [4.69, 9.17) is 23.1 Å². The maximum atomic E-state index is 12.3. The molecule has 20 heavy (non-hydrogen) atoms. The lowest BCUT2D eigenvalue weighted by Gasteiger charge is -2.10. The summed E-state index contributed by atoms with van der Waals surface area (Å²) in [4.78, 5) is 20.4. The number of anilines is 2. The summed E-state index contributed by atoms with van der Waals surface area (Å²) in [5.74, 6) is 0.506. The molecule has 104 valence electrons. The van der Waals surface area contributed by atoms with Gasteiger partial charge in [-0.3, -0.25) is 4.79 Å². The van der Waals surface area contributed by atoms with Crippen LogP contribution in [0.1, 0.15) is 17.3 Å². The zero-order chi connectivity index (χ0) is 14.7. The molecule has 2 rings (SSSR count). The minimum Gasteiger partial charge on any atom is -0.383 e. The van der Waals surface area contributed by atoms with Crippen LogP contribution in [0.2, 0.25) is 5.02 Å². The van der Waals surface area contributed by atoms with Crippen molar-refractivity contribution in [2.45, 2.75) is 17.3 Å². The number of hydrogen-bond acceptors (Lipinski definition) is 6. The highest BCUT2D eigenvalue weighted by Gasteiger charge is 2.18. The van der Waals surface area contributed by atoms with Gasteiger partial charge < -0.3 is 11.5 Å². The summed E-state index contributed by atoms with van der Waals surface area (Å²) >= 11 is 7.08. The van der Waals surface area contributed by atoms with Crippen molar-refractivity contribution >= 4 is 40.8 Å². The fraction of sp³-hybridized carbons (Fsp3) is 0.154. The molecule has 0 aliphatic heterocycles. The van der Waals surface area contributed by atoms with Gasteiger partial charge in [0.1, 0.15) is 11.6 Å². The number of nitrogens with two attached hydrogens (primary N) is 2. The molecule has 0 radical (unpaired) electrons. The molecule has 0 aliphatic carbocycles. The lowest BCUT2D eigenvalue weighted by molar-refractivity contribution is 0.0994. The fourth-order valence-electron chi connectivity index (χ4n) is 1.60. The average molecular weight is 309 g/mol. The number of Topliss-reactive ketones (excluding diaryl/α,β-unsaturated/α-hetero) is 1. The Morgan fingerprint density at radius 2 is 1.90 bits per heavy atom. The summed E-state index contributed by atoms with van der Waals surface area (Å²) in [7, 11) is 0. The lowest BCUT2D eigenvalue weighted by atomic mass is 10.1. The summed E-state index contributed by atoms with van der Waals surface area (Å²) in [6.07, 6.45) is 0. The van der Waals surface area contributed by atoms with E-state index in [1.807, 2.05) is 0 Å². The second-order valence-electron chi connectivity index (χ2n) is 4.13. The first kappa shape index (κ1) is 14.6. The molecule has 1 heterocycles. The number of hydrogen-bond donors (Lipinski definition) is 2. The second kappa shape index (κ2) is 6.11. The number of carbonyl (C=O) groups is 1. The standard InChI is InChI=1S/C13H13ClN4OS/c1-7(12(19)8-3-2-4-9(14)5-8)20-13-17-10(15)6-11(16)18-13/h2-7H,1H3,(H4,15,16,17,18)/t7-/m1/s1. The van der Waals surface area contributed by atoms with Crippen LogP contribution in [-0.4, -0.2) is 21.0 Å². The number of thioether (sulfide) groups is 1. The average Bonchev–Trinajstić information content (AvgIpc) is 2.36. The molecular weight excluding hydrogens is 296 g/mol. The lowest BCUT2D eigenvalue weighted by Crippen LogP contribution is -2.14. The molecule has 0 bridgehead atoms. The molecule has 1 aromatic carbocycles. The van der Waals surface area contributed by atoms with E-state index in [2.05, 4.69) is 9.97 Å². The molecule has 1 atom stereocenters. The van der Waals surface area contributed by atoms with E-state index in [1.54, 1.807) is 31.2 Å². The van der Waals surface area contributed by atoms with Crippen molar-refractivity contribution in [1.29, 1.82) is 0 Å². The van der Waals surface area contributed by atoms with Gasteiger partial charge in [-0.05, 0) is 19.1 Å². The van der Waals surface area contributed by atoms with E-state index in [9.17, 15) is 4.79 Å². The van der Waals surface area contributed by atoms with Crippen molar-refractivity contribution < 1.29 is 4.79 Å². The third-order valence-corrected chi connectivity index (χ3v) is 3.70. The minimum absolute atomic E-state index is 0.0536. The highest BCUT2D eigenvalue weighted by atomic mass is 35.5. The number of halogens is 1. The zero-order valence-corrected chi connectivity index (χ0v) is 12.3. The molecule has 0 saturated heterocycles. The Labute approximate surface area is 125 Å². The van der Waals surface area contributed by atoms with Crippen LogP contribution in [0.5, 0.6) is 0 Å². The first-order chi connectivity index (χ1) is 9.45. The Bertz CT molecular complexity index is 630. The van der Waals surface area contributed by atoms with E-state index in [-0.39, 0.29) is 22.7 Å². The van der Waals surface area contributed by atoms with Gasteiger partial charge in [0.25, 0.3) is 0 Å². The highest BCUT2D eigenvalue weighted by Crippen LogP contribution is 2.24. The molecule has 1 aromatic heterocycles. The predicted octanol–water partition coefficient (Wildman–Crippen LogP) is 2.66. The number of rotatable bonds is 4. The molecule has 5 nitrogen and oxygen atoms in total. The number of nitrogens with zero attached hydrogens (tertiary/aromatic N) is 2. The summed E-state index contributed by atoms with van der Waals surface area (Å²) in [6.45, 7) is 1.77. The number of carbonyl (C=O) groups excluding carboxylic acids is 1. The largest absolute Gasteiger partial charge is 0.383 e. The third-order valence-electron chi connectivity index (χ3n) is 2.51. The Morgan fingerprint density at radius 1 is 1.25 bits per heavy atom. The van der Waals surface area contributed by atoms with E-state index >= 15 is 0 Å².